The standard InChI is InChI=1S/C14H19Cl2NO2/c1-4-7-14(3,13(18)19)17-9(2)11-6-5-10(15)8-12(11)16/h5-6,8-9,17H,4,7H2,1-3H3,(H,18,19). The molecule has 3 nitrogen and oxygen atoms in total. The van der Waals surface area contributed by atoms with Crippen LogP contribution >= 0.6 is 23.2 Å². The summed E-state index contributed by atoms with van der Waals surface area (Å²) in [4.78, 5) is 11.4. The molecule has 2 unspecified atom stereocenters. The highest BCUT2D eigenvalue weighted by molar-refractivity contribution is 6.35. The van der Waals surface area contributed by atoms with Gasteiger partial charge in [0.1, 0.15) is 5.54 Å². The van der Waals surface area contributed by atoms with Crippen LogP contribution in [-0.4, -0.2) is 16.6 Å². The summed E-state index contributed by atoms with van der Waals surface area (Å²) in [5.74, 6) is -0.855. The van der Waals surface area contributed by atoms with Crippen LogP contribution in [0, 0.1) is 0 Å². The highest BCUT2D eigenvalue weighted by atomic mass is 35.5. The first kappa shape index (κ1) is 16.3. The van der Waals surface area contributed by atoms with E-state index < -0.39 is 11.5 Å². The Bertz CT molecular complexity index is 465. The summed E-state index contributed by atoms with van der Waals surface area (Å²) in [6, 6.07) is 5.06. The maximum atomic E-state index is 11.4. The van der Waals surface area contributed by atoms with Gasteiger partial charge < -0.3 is 5.11 Å². The predicted molar refractivity (Wildman–Crippen MR) is 79.0 cm³/mol. The lowest BCUT2D eigenvalue weighted by Gasteiger charge is -2.30. The second-order valence-electron chi connectivity index (χ2n) is 4.92. The van der Waals surface area contributed by atoms with Crippen LogP contribution in [0.1, 0.15) is 45.2 Å². The molecule has 1 aromatic rings. The van der Waals surface area contributed by atoms with Gasteiger partial charge in [0.05, 0.1) is 0 Å². The van der Waals surface area contributed by atoms with Gasteiger partial charge in [-0.05, 0) is 38.0 Å². The van der Waals surface area contributed by atoms with E-state index in [9.17, 15) is 9.90 Å². The molecule has 0 saturated heterocycles. The van der Waals surface area contributed by atoms with Crippen molar-refractivity contribution in [1.82, 2.24) is 5.32 Å². The fourth-order valence-corrected chi connectivity index (χ4v) is 2.72. The minimum absolute atomic E-state index is 0.169. The molecule has 106 valence electrons. The monoisotopic (exact) mass is 303 g/mol. The van der Waals surface area contributed by atoms with Crippen LogP contribution in [0.15, 0.2) is 18.2 Å². The smallest absolute Gasteiger partial charge is 0.323 e. The van der Waals surface area contributed by atoms with Crippen molar-refractivity contribution in [3.63, 3.8) is 0 Å². The highest BCUT2D eigenvalue weighted by Gasteiger charge is 2.33. The zero-order valence-corrected chi connectivity index (χ0v) is 12.8. The van der Waals surface area contributed by atoms with Crippen molar-refractivity contribution in [2.45, 2.75) is 45.2 Å². The number of carboxylic acids is 1. The number of halogens is 2. The molecule has 0 aliphatic rings. The molecule has 5 heteroatoms. The third kappa shape index (κ3) is 4.10. The first-order valence-corrected chi connectivity index (χ1v) is 7.02. The Morgan fingerprint density at radius 2 is 2.11 bits per heavy atom. The largest absolute Gasteiger partial charge is 0.480 e. The normalized spacial score (nSPS) is 15.8. The van der Waals surface area contributed by atoms with E-state index in [1.807, 2.05) is 19.9 Å². The molecular formula is C14H19Cl2NO2. The zero-order chi connectivity index (χ0) is 14.6. The van der Waals surface area contributed by atoms with Gasteiger partial charge in [0, 0.05) is 16.1 Å². The molecule has 0 amide bonds. The molecule has 1 rings (SSSR count). The van der Waals surface area contributed by atoms with Crippen LogP contribution in [0.2, 0.25) is 10.0 Å². The minimum atomic E-state index is -0.961. The van der Waals surface area contributed by atoms with Crippen LogP contribution in [-0.2, 0) is 4.79 Å². The number of carboxylic acid groups (broad SMARTS) is 1. The van der Waals surface area contributed by atoms with E-state index >= 15 is 0 Å². The number of benzene rings is 1. The van der Waals surface area contributed by atoms with Crippen LogP contribution in [0.5, 0.6) is 0 Å². The second-order valence-corrected chi connectivity index (χ2v) is 5.76. The topological polar surface area (TPSA) is 49.3 Å². The lowest BCUT2D eigenvalue weighted by molar-refractivity contribution is -0.144. The third-order valence-corrected chi connectivity index (χ3v) is 3.75. The molecule has 2 atom stereocenters. The maximum absolute atomic E-state index is 11.4. The maximum Gasteiger partial charge on any atom is 0.323 e. The summed E-state index contributed by atoms with van der Waals surface area (Å²) < 4.78 is 0. The SMILES string of the molecule is CCCC(C)(NC(C)c1ccc(Cl)cc1Cl)C(=O)O. The third-order valence-electron chi connectivity index (χ3n) is 3.19. The van der Waals surface area contributed by atoms with Crippen molar-refractivity contribution in [2.75, 3.05) is 0 Å². The first-order valence-electron chi connectivity index (χ1n) is 6.26. The van der Waals surface area contributed by atoms with Gasteiger partial charge in [-0.25, -0.2) is 0 Å². The Balaban J connectivity index is 2.94. The Morgan fingerprint density at radius 1 is 1.47 bits per heavy atom. The molecule has 1 aromatic carbocycles. The van der Waals surface area contributed by atoms with E-state index in [0.717, 1.165) is 12.0 Å². The Labute approximate surface area is 123 Å². The lowest BCUT2D eigenvalue weighted by atomic mass is 9.94. The van der Waals surface area contributed by atoms with Crippen molar-refractivity contribution in [1.29, 1.82) is 0 Å². The molecule has 0 bridgehead atoms. The Morgan fingerprint density at radius 3 is 2.58 bits per heavy atom. The molecule has 0 fully saturated rings. The van der Waals surface area contributed by atoms with Crippen LogP contribution in [0.25, 0.3) is 0 Å². The number of hydrogen-bond acceptors (Lipinski definition) is 2. The second kappa shape index (κ2) is 6.60. The molecule has 0 aliphatic carbocycles. The summed E-state index contributed by atoms with van der Waals surface area (Å²) in [6.07, 6.45) is 1.34. The highest BCUT2D eigenvalue weighted by Crippen LogP contribution is 2.28. The number of aliphatic carboxylic acids is 1. The van der Waals surface area contributed by atoms with E-state index in [1.165, 1.54) is 0 Å². The van der Waals surface area contributed by atoms with Crippen molar-refractivity contribution in [3.05, 3.63) is 33.8 Å². The lowest BCUT2D eigenvalue weighted by Crippen LogP contribution is -2.50. The van der Waals surface area contributed by atoms with Gasteiger partial charge >= 0.3 is 5.97 Å². The van der Waals surface area contributed by atoms with Gasteiger partial charge in [-0.3, -0.25) is 10.1 Å². The van der Waals surface area contributed by atoms with Crippen LogP contribution in [0.3, 0.4) is 0 Å². The zero-order valence-electron chi connectivity index (χ0n) is 11.3. The van der Waals surface area contributed by atoms with E-state index in [2.05, 4.69) is 5.32 Å². The van der Waals surface area contributed by atoms with E-state index in [1.54, 1.807) is 19.1 Å². The fraction of sp³-hybridized carbons (Fsp3) is 0.500. The van der Waals surface area contributed by atoms with Crippen molar-refractivity contribution >= 4 is 29.2 Å². The average Bonchev–Trinajstić information content (AvgIpc) is 2.28. The molecule has 0 saturated carbocycles. The molecule has 19 heavy (non-hydrogen) atoms. The van der Waals surface area contributed by atoms with Crippen molar-refractivity contribution in [2.24, 2.45) is 0 Å². The van der Waals surface area contributed by atoms with Gasteiger partial charge in [-0.15, -0.1) is 0 Å². The first-order chi connectivity index (χ1) is 8.80. The molecule has 0 spiro atoms. The average molecular weight is 304 g/mol. The minimum Gasteiger partial charge on any atom is -0.480 e. The molecular weight excluding hydrogens is 285 g/mol. The molecule has 2 N–H and O–H groups in total. The summed E-state index contributed by atoms with van der Waals surface area (Å²) in [5.41, 5.74) is -0.119. The number of rotatable bonds is 6. The Kier molecular flexibility index (Phi) is 5.65. The molecule has 0 heterocycles. The summed E-state index contributed by atoms with van der Waals surface area (Å²) >= 11 is 12.0. The van der Waals surface area contributed by atoms with Gasteiger partial charge in [0.15, 0.2) is 0 Å². The number of hydrogen-bond donors (Lipinski definition) is 2. The van der Waals surface area contributed by atoms with Gasteiger partial charge in [-0.1, -0.05) is 42.6 Å². The van der Waals surface area contributed by atoms with Gasteiger partial charge in [0.25, 0.3) is 0 Å². The number of nitrogens with one attached hydrogen (secondary N) is 1. The summed E-state index contributed by atoms with van der Waals surface area (Å²) in [5, 5.41) is 13.6. The van der Waals surface area contributed by atoms with Crippen LogP contribution in [0.4, 0.5) is 0 Å². The molecule has 0 aromatic heterocycles. The van der Waals surface area contributed by atoms with Crippen LogP contribution < -0.4 is 5.32 Å². The summed E-state index contributed by atoms with van der Waals surface area (Å²) in [7, 11) is 0. The molecule has 0 aliphatic heterocycles. The summed E-state index contributed by atoms with van der Waals surface area (Å²) in [6.45, 7) is 5.55. The predicted octanol–water partition coefficient (Wildman–Crippen LogP) is 4.29. The van der Waals surface area contributed by atoms with Crippen molar-refractivity contribution in [3.8, 4) is 0 Å². The number of carbonyl (C=O) groups is 1. The van der Waals surface area contributed by atoms with E-state index in [4.69, 9.17) is 23.2 Å². The van der Waals surface area contributed by atoms with E-state index in [0.29, 0.717) is 16.5 Å². The quantitative estimate of drug-likeness (QED) is 0.824. The van der Waals surface area contributed by atoms with E-state index in [-0.39, 0.29) is 6.04 Å². The van der Waals surface area contributed by atoms with Gasteiger partial charge in [0.2, 0.25) is 0 Å². The molecule has 0 radical (unpaired) electrons. The van der Waals surface area contributed by atoms with Crippen molar-refractivity contribution < 1.29 is 9.90 Å². The Hall–Kier alpha value is -0.770. The fourth-order valence-electron chi connectivity index (χ4n) is 2.15. The van der Waals surface area contributed by atoms with Gasteiger partial charge in [-0.2, -0.15) is 0 Å².